The molecule has 8 nitrogen and oxygen atoms in total. The molecule has 2 aliphatic rings. The average molecular weight is 393 g/mol. The summed E-state index contributed by atoms with van der Waals surface area (Å²) in [5.74, 6) is -0.823. The zero-order valence-corrected chi connectivity index (χ0v) is 15.9. The van der Waals surface area contributed by atoms with Gasteiger partial charge in [0.25, 0.3) is 11.8 Å². The van der Waals surface area contributed by atoms with Gasteiger partial charge in [-0.2, -0.15) is 0 Å². The number of nitrogens with zero attached hydrogens (tertiary/aromatic N) is 2. The highest BCUT2D eigenvalue weighted by Crippen LogP contribution is 2.23. The van der Waals surface area contributed by atoms with Crippen molar-refractivity contribution in [3.05, 3.63) is 35.8 Å². The molecular weight excluding hydrogens is 369 g/mol. The minimum absolute atomic E-state index is 0.173. The normalized spacial score (nSPS) is 18.4. The van der Waals surface area contributed by atoms with E-state index in [1.54, 1.807) is 4.90 Å². The summed E-state index contributed by atoms with van der Waals surface area (Å²) >= 11 is 0. The SMILES string of the molecule is COc1cnc(C(=O)N[C@@H](C)C2CCN(C(=O)C3=COCCO3)CC2)c(F)c1. The third-order valence-corrected chi connectivity index (χ3v) is 5.02. The zero-order chi connectivity index (χ0) is 20.1. The Bertz CT molecular complexity index is 762. The number of aromatic nitrogens is 1. The lowest BCUT2D eigenvalue weighted by Gasteiger charge is -2.35. The zero-order valence-electron chi connectivity index (χ0n) is 15.9. The Morgan fingerprint density at radius 3 is 2.71 bits per heavy atom. The van der Waals surface area contributed by atoms with E-state index >= 15 is 0 Å². The molecule has 0 spiro atoms. The first-order valence-corrected chi connectivity index (χ1v) is 9.24. The molecule has 0 radical (unpaired) electrons. The van der Waals surface area contributed by atoms with E-state index in [1.807, 2.05) is 6.92 Å². The smallest absolute Gasteiger partial charge is 0.292 e. The van der Waals surface area contributed by atoms with E-state index in [2.05, 4.69) is 10.3 Å². The van der Waals surface area contributed by atoms with Crippen molar-refractivity contribution in [2.45, 2.75) is 25.8 Å². The molecule has 3 heterocycles. The molecule has 9 heteroatoms. The van der Waals surface area contributed by atoms with Crippen LogP contribution in [0, 0.1) is 11.7 Å². The van der Waals surface area contributed by atoms with Gasteiger partial charge in [0.1, 0.15) is 25.2 Å². The number of piperidine rings is 1. The van der Waals surface area contributed by atoms with Crippen molar-refractivity contribution in [1.29, 1.82) is 0 Å². The summed E-state index contributed by atoms with van der Waals surface area (Å²) in [6.45, 7) is 3.80. The predicted molar refractivity (Wildman–Crippen MR) is 97.0 cm³/mol. The Morgan fingerprint density at radius 2 is 2.11 bits per heavy atom. The molecule has 0 unspecified atom stereocenters. The second kappa shape index (κ2) is 8.90. The van der Waals surface area contributed by atoms with Crippen molar-refractivity contribution in [1.82, 2.24) is 15.2 Å². The molecule has 152 valence electrons. The molecule has 0 aromatic carbocycles. The van der Waals surface area contributed by atoms with Crippen molar-refractivity contribution in [2.24, 2.45) is 5.92 Å². The van der Waals surface area contributed by atoms with Gasteiger partial charge < -0.3 is 24.4 Å². The fourth-order valence-electron chi connectivity index (χ4n) is 3.33. The quantitative estimate of drug-likeness (QED) is 0.815. The fraction of sp³-hybridized carbons (Fsp3) is 0.526. The van der Waals surface area contributed by atoms with E-state index in [4.69, 9.17) is 14.2 Å². The van der Waals surface area contributed by atoms with Crippen LogP contribution in [0.4, 0.5) is 4.39 Å². The number of hydrogen-bond donors (Lipinski definition) is 1. The molecular formula is C19H24FN3O5. The van der Waals surface area contributed by atoms with Gasteiger partial charge in [0.05, 0.1) is 13.3 Å². The van der Waals surface area contributed by atoms with Gasteiger partial charge in [-0.1, -0.05) is 0 Å². The number of nitrogens with one attached hydrogen (secondary N) is 1. The number of pyridine rings is 1. The number of amides is 2. The van der Waals surface area contributed by atoms with E-state index < -0.39 is 11.7 Å². The standard InChI is InChI=1S/C19H24FN3O5/c1-12(22-18(24)17-15(20)9-14(26-2)10-21-17)13-3-5-23(6-4-13)19(25)16-11-27-7-8-28-16/h9-13H,3-8H2,1-2H3,(H,22,24)/t12-/m0/s1. The molecule has 1 saturated heterocycles. The molecule has 2 aliphatic heterocycles. The Hall–Kier alpha value is -2.84. The minimum atomic E-state index is -0.729. The van der Waals surface area contributed by atoms with Crippen LogP contribution in [0.5, 0.6) is 5.75 Å². The second-order valence-corrected chi connectivity index (χ2v) is 6.80. The van der Waals surface area contributed by atoms with Crippen LogP contribution >= 0.6 is 0 Å². The highest BCUT2D eigenvalue weighted by Gasteiger charge is 2.30. The number of carbonyl (C=O) groups is 2. The largest absolute Gasteiger partial charge is 0.495 e. The number of methoxy groups -OCH3 is 1. The Balaban J connectivity index is 1.52. The number of hydrogen-bond acceptors (Lipinski definition) is 6. The summed E-state index contributed by atoms with van der Waals surface area (Å²) in [6, 6.07) is 0.948. The third kappa shape index (κ3) is 4.52. The molecule has 2 amide bonds. The molecule has 1 N–H and O–H groups in total. The molecule has 1 fully saturated rings. The molecule has 28 heavy (non-hydrogen) atoms. The van der Waals surface area contributed by atoms with Crippen LogP contribution in [-0.4, -0.2) is 61.2 Å². The first-order chi connectivity index (χ1) is 13.5. The van der Waals surface area contributed by atoms with Crippen LogP contribution in [0.2, 0.25) is 0 Å². The Kier molecular flexibility index (Phi) is 6.33. The minimum Gasteiger partial charge on any atom is -0.495 e. The van der Waals surface area contributed by atoms with Crippen LogP contribution in [0.15, 0.2) is 24.3 Å². The van der Waals surface area contributed by atoms with Crippen molar-refractivity contribution in [2.75, 3.05) is 33.4 Å². The lowest BCUT2D eigenvalue weighted by molar-refractivity contribution is -0.133. The molecule has 0 saturated carbocycles. The number of carbonyl (C=O) groups excluding carboxylic acids is 2. The molecule has 1 atom stereocenters. The van der Waals surface area contributed by atoms with E-state index in [-0.39, 0.29) is 35.1 Å². The summed E-state index contributed by atoms with van der Waals surface area (Å²) < 4.78 is 29.4. The van der Waals surface area contributed by atoms with Gasteiger partial charge in [-0.05, 0) is 25.7 Å². The summed E-state index contributed by atoms with van der Waals surface area (Å²) in [4.78, 5) is 30.3. The number of ether oxygens (including phenoxy) is 3. The Morgan fingerprint density at radius 1 is 1.36 bits per heavy atom. The van der Waals surface area contributed by atoms with Crippen LogP contribution in [0.1, 0.15) is 30.3 Å². The number of likely N-dealkylation sites (tertiary alicyclic amines) is 1. The van der Waals surface area contributed by atoms with Crippen LogP contribution in [0.25, 0.3) is 0 Å². The molecule has 0 bridgehead atoms. The van der Waals surface area contributed by atoms with Crippen molar-refractivity contribution in [3.63, 3.8) is 0 Å². The van der Waals surface area contributed by atoms with Gasteiger partial charge in [-0.3, -0.25) is 9.59 Å². The van der Waals surface area contributed by atoms with Crippen LogP contribution in [0.3, 0.4) is 0 Å². The third-order valence-electron chi connectivity index (χ3n) is 5.02. The van der Waals surface area contributed by atoms with Crippen molar-refractivity contribution in [3.8, 4) is 5.75 Å². The van der Waals surface area contributed by atoms with Gasteiger partial charge >= 0.3 is 0 Å². The lowest BCUT2D eigenvalue weighted by Crippen LogP contribution is -2.46. The van der Waals surface area contributed by atoms with E-state index in [1.165, 1.54) is 19.6 Å². The number of halogens is 1. The maximum atomic E-state index is 14.0. The lowest BCUT2D eigenvalue weighted by atomic mass is 9.90. The van der Waals surface area contributed by atoms with E-state index in [9.17, 15) is 14.0 Å². The summed E-state index contributed by atoms with van der Waals surface area (Å²) in [5.41, 5.74) is -0.262. The van der Waals surface area contributed by atoms with Crippen molar-refractivity contribution < 1.29 is 28.2 Å². The van der Waals surface area contributed by atoms with Gasteiger partial charge in [0, 0.05) is 25.2 Å². The molecule has 0 aliphatic carbocycles. The average Bonchev–Trinajstić information content (AvgIpc) is 2.73. The van der Waals surface area contributed by atoms with Gasteiger partial charge in [0.15, 0.2) is 11.5 Å². The summed E-state index contributed by atoms with van der Waals surface area (Å²) in [5, 5.41) is 2.81. The van der Waals surface area contributed by atoms with Gasteiger partial charge in [-0.25, -0.2) is 9.37 Å². The first-order valence-electron chi connectivity index (χ1n) is 9.24. The van der Waals surface area contributed by atoms with Crippen LogP contribution in [-0.2, 0) is 14.3 Å². The van der Waals surface area contributed by atoms with Crippen LogP contribution < -0.4 is 10.1 Å². The molecule has 1 aromatic rings. The highest BCUT2D eigenvalue weighted by atomic mass is 19.1. The highest BCUT2D eigenvalue weighted by molar-refractivity contribution is 5.93. The predicted octanol–water partition coefficient (Wildman–Crippen LogP) is 1.47. The first kappa shape index (κ1) is 19.9. The number of rotatable bonds is 5. The monoisotopic (exact) mass is 393 g/mol. The summed E-state index contributed by atoms with van der Waals surface area (Å²) in [6.07, 6.45) is 4.11. The maximum absolute atomic E-state index is 14.0. The Labute approximate surface area is 162 Å². The molecule has 1 aromatic heterocycles. The van der Waals surface area contributed by atoms with E-state index in [0.717, 1.165) is 18.9 Å². The molecule has 3 rings (SSSR count). The van der Waals surface area contributed by atoms with Gasteiger partial charge in [0.2, 0.25) is 5.76 Å². The van der Waals surface area contributed by atoms with E-state index in [0.29, 0.717) is 26.3 Å². The topological polar surface area (TPSA) is 90.0 Å². The van der Waals surface area contributed by atoms with Crippen molar-refractivity contribution >= 4 is 11.8 Å². The fourth-order valence-corrected chi connectivity index (χ4v) is 3.33. The van der Waals surface area contributed by atoms with Gasteiger partial charge in [-0.15, -0.1) is 0 Å². The maximum Gasteiger partial charge on any atom is 0.292 e. The summed E-state index contributed by atoms with van der Waals surface area (Å²) in [7, 11) is 1.40. The second-order valence-electron chi connectivity index (χ2n) is 6.80.